The number of aryl methyl sites for hydroxylation is 2. The number of carboxylic acids is 1. The topological polar surface area (TPSA) is 66.4 Å². The van der Waals surface area contributed by atoms with Crippen LogP contribution in [0.1, 0.15) is 27.0 Å². The Kier molecular flexibility index (Phi) is 5.52. The van der Waals surface area contributed by atoms with E-state index >= 15 is 0 Å². The zero-order valence-electron chi connectivity index (χ0n) is 15.0. The Morgan fingerprint density at radius 3 is 2.15 bits per heavy atom. The lowest BCUT2D eigenvalue weighted by Crippen LogP contribution is -2.10. The molecule has 1 aromatic heterocycles. The van der Waals surface area contributed by atoms with Crippen molar-refractivity contribution in [3.8, 4) is 11.1 Å². The van der Waals surface area contributed by atoms with Crippen LogP contribution in [0.3, 0.4) is 0 Å². The summed E-state index contributed by atoms with van der Waals surface area (Å²) in [6.07, 6.45) is 3.10. The largest absolute Gasteiger partial charge is 0.478 e. The predicted octanol–water partition coefficient (Wildman–Crippen LogP) is 5.38. The third kappa shape index (κ3) is 4.51. The molecule has 1 amide bonds. The quantitative estimate of drug-likeness (QED) is 0.587. The summed E-state index contributed by atoms with van der Waals surface area (Å²) in [7, 11) is 0. The van der Waals surface area contributed by atoms with E-state index in [2.05, 4.69) is 5.32 Å². The first-order valence-corrected chi connectivity index (χ1v) is 9.29. The number of rotatable bonds is 5. The molecular formula is C22H19NO3S. The zero-order chi connectivity index (χ0) is 19.4. The normalized spacial score (nSPS) is 10.9. The molecule has 4 nitrogen and oxygen atoms in total. The Morgan fingerprint density at radius 2 is 1.56 bits per heavy atom. The summed E-state index contributed by atoms with van der Waals surface area (Å²) >= 11 is 1.21. The lowest BCUT2D eigenvalue weighted by Gasteiger charge is -2.05. The van der Waals surface area contributed by atoms with Crippen molar-refractivity contribution in [3.05, 3.63) is 82.2 Å². The van der Waals surface area contributed by atoms with Crippen molar-refractivity contribution in [1.82, 2.24) is 0 Å². The fraction of sp³-hybridized carbons (Fsp3) is 0.0909. The third-order valence-electron chi connectivity index (χ3n) is 4.11. The van der Waals surface area contributed by atoms with E-state index in [4.69, 9.17) is 0 Å². The molecule has 0 aliphatic heterocycles. The molecule has 5 heteroatoms. The number of thiophene rings is 1. The van der Waals surface area contributed by atoms with E-state index in [9.17, 15) is 14.7 Å². The maximum absolute atomic E-state index is 12.2. The summed E-state index contributed by atoms with van der Waals surface area (Å²) < 4.78 is 0. The van der Waals surface area contributed by atoms with E-state index in [1.54, 1.807) is 11.5 Å². The fourth-order valence-corrected chi connectivity index (χ4v) is 3.58. The van der Waals surface area contributed by atoms with Gasteiger partial charge in [-0.05, 0) is 31.1 Å². The molecule has 0 radical (unpaired) electrons. The van der Waals surface area contributed by atoms with Crippen LogP contribution >= 0.6 is 11.3 Å². The first-order valence-electron chi connectivity index (χ1n) is 8.41. The first-order chi connectivity index (χ1) is 12.9. The second-order valence-corrected chi connectivity index (χ2v) is 7.14. The van der Waals surface area contributed by atoms with Gasteiger partial charge in [0.05, 0.1) is 0 Å². The van der Waals surface area contributed by atoms with Crippen LogP contribution in [0.2, 0.25) is 0 Å². The van der Waals surface area contributed by atoms with Crippen LogP contribution in [0.15, 0.2) is 60.0 Å². The van der Waals surface area contributed by atoms with Crippen LogP contribution in [-0.4, -0.2) is 17.0 Å². The van der Waals surface area contributed by atoms with Gasteiger partial charge in [0.2, 0.25) is 5.91 Å². The van der Waals surface area contributed by atoms with Crippen molar-refractivity contribution in [3.63, 3.8) is 0 Å². The minimum absolute atomic E-state index is 0.112. The van der Waals surface area contributed by atoms with Crippen LogP contribution in [0, 0.1) is 13.8 Å². The van der Waals surface area contributed by atoms with Crippen LogP contribution in [0.25, 0.3) is 17.2 Å². The van der Waals surface area contributed by atoms with Gasteiger partial charge < -0.3 is 10.4 Å². The van der Waals surface area contributed by atoms with Gasteiger partial charge in [-0.15, -0.1) is 11.3 Å². The Bertz CT molecular complexity index is 999. The average molecular weight is 377 g/mol. The van der Waals surface area contributed by atoms with Gasteiger partial charge in [0, 0.05) is 17.0 Å². The number of carbonyl (C=O) groups excluding carboxylic acids is 1. The fourth-order valence-electron chi connectivity index (χ4n) is 2.61. The SMILES string of the molecule is Cc1ccc(/C=C/C(=O)Nc2scc(-c3ccc(C)cc3)c2C(=O)O)cc1. The van der Waals surface area contributed by atoms with E-state index < -0.39 is 5.97 Å². The van der Waals surface area contributed by atoms with Gasteiger partial charge in [0.25, 0.3) is 0 Å². The summed E-state index contributed by atoms with van der Waals surface area (Å²) in [5.74, 6) is -1.43. The highest BCUT2D eigenvalue weighted by molar-refractivity contribution is 7.15. The second-order valence-electron chi connectivity index (χ2n) is 6.26. The van der Waals surface area contributed by atoms with E-state index in [1.165, 1.54) is 17.4 Å². The van der Waals surface area contributed by atoms with Gasteiger partial charge in [-0.1, -0.05) is 59.7 Å². The molecule has 0 saturated heterocycles. The average Bonchev–Trinajstić information content (AvgIpc) is 3.05. The van der Waals surface area contributed by atoms with Crippen molar-refractivity contribution in [2.24, 2.45) is 0 Å². The Morgan fingerprint density at radius 1 is 0.963 bits per heavy atom. The molecule has 0 fully saturated rings. The molecule has 1 heterocycles. The molecular weight excluding hydrogens is 358 g/mol. The number of anilines is 1. The first kappa shape index (κ1) is 18.6. The minimum Gasteiger partial charge on any atom is -0.478 e. The van der Waals surface area contributed by atoms with Crippen molar-refractivity contribution < 1.29 is 14.7 Å². The molecule has 0 aliphatic rings. The molecule has 3 aromatic rings. The van der Waals surface area contributed by atoms with Crippen LogP contribution in [0.4, 0.5) is 5.00 Å². The number of carbonyl (C=O) groups is 2. The number of hydrogen-bond donors (Lipinski definition) is 2. The highest BCUT2D eigenvalue weighted by Crippen LogP contribution is 2.35. The molecule has 0 bridgehead atoms. The summed E-state index contributed by atoms with van der Waals surface area (Å²) in [6, 6.07) is 15.4. The maximum Gasteiger partial charge on any atom is 0.339 e. The van der Waals surface area contributed by atoms with Gasteiger partial charge in [-0.3, -0.25) is 4.79 Å². The second kappa shape index (κ2) is 8.01. The van der Waals surface area contributed by atoms with E-state index in [1.807, 2.05) is 62.4 Å². The minimum atomic E-state index is -1.07. The molecule has 0 unspecified atom stereocenters. The number of amides is 1. The number of hydrogen-bond acceptors (Lipinski definition) is 3. The van der Waals surface area contributed by atoms with Gasteiger partial charge >= 0.3 is 5.97 Å². The van der Waals surface area contributed by atoms with E-state index in [0.717, 1.165) is 22.3 Å². The maximum atomic E-state index is 12.2. The van der Waals surface area contributed by atoms with E-state index in [-0.39, 0.29) is 11.5 Å². The predicted molar refractivity (Wildman–Crippen MR) is 110 cm³/mol. The van der Waals surface area contributed by atoms with Crippen molar-refractivity contribution in [2.75, 3.05) is 5.32 Å². The lowest BCUT2D eigenvalue weighted by molar-refractivity contribution is -0.111. The smallest absolute Gasteiger partial charge is 0.339 e. The highest BCUT2D eigenvalue weighted by Gasteiger charge is 2.20. The van der Waals surface area contributed by atoms with Crippen molar-refractivity contribution in [2.45, 2.75) is 13.8 Å². The lowest BCUT2D eigenvalue weighted by atomic mass is 10.0. The van der Waals surface area contributed by atoms with Crippen molar-refractivity contribution in [1.29, 1.82) is 0 Å². The molecule has 27 heavy (non-hydrogen) atoms. The molecule has 2 N–H and O–H groups in total. The van der Waals surface area contributed by atoms with Gasteiger partial charge in [-0.25, -0.2) is 4.79 Å². The summed E-state index contributed by atoms with van der Waals surface area (Å²) in [5.41, 5.74) is 4.67. The molecule has 136 valence electrons. The Labute approximate surface area is 161 Å². The zero-order valence-corrected chi connectivity index (χ0v) is 15.8. The number of nitrogens with one attached hydrogen (secondary N) is 1. The Hall–Kier alpha value is -3.18. The molecule has 3 rings (SSSR count). The molecule has 0 spiro atoms. The summed E-state index contributed by atoms with van der Waals surface area (Å²) in [6.45, 7) is 3.97. The molecule has 0 atom stereocenters. The van der Waals surface area contributed by atoms with Gasteiger partial charge in [-0.2, -0.15) is 0 Å². The number of aromatic carboxylic acids is 1. The van der Waals surface area contributed by atoms with Crippen LogP contribution in [0.5, 0.6) is 0 Å². The summed E-state index contributed by atoms with van der Waals surface area (Å²) in [5, 5.41) is 14.4. The molecule has 0 aliphatic carbocycles. The van der Waals surface area contributed by atoms with Gasteiger partial charge in [0.15, 0.2) is 0 Å². The molecule has 0 saturated carbocycles. The monoisotopic (exact) mass is 377 g/mol. The van der Waals surface area contributed by atoms with Crippen LogP contribution in [-0.2, 0) is 4.79 Å². The molecule has 2 aromatic carbocycles. The summed E-state index contributed by atoms with van der Waals surface area (Å²) in [4.78, 5) is 24.0. The number of carboxylic acid groups (broad SMARTS) is 1. The van der Waals surface area contributed by atoms with E-state index in [0.29, 0.717) is 10.6 Å². The van der Waals surface area contributed by atoms with Crippen molar-refractivity contribution >= 4 is 34.3 Å². The Balaban J connectivity index is 1.82. The highest BCUT2D eigenvalue weighted by atomic mass is 32.1. The van der Waals surface area contributed by atoms with Gasteiger partial charge in [0.1, 0.15) is 10.6 Å². The third-order valence-corrected chi connectivity index (χ3v) is 5.00. The standard InChI is InChI=1S/C22H19NO3S/c1-14-3-7-16(8-4-14)9-12-19(24)23-21-20(22(25)26)18(13-27-21)17-10-5-15(2)6-11-17/h3-13H,1-2H3,(H,23,24)(H,25,26)/b12-9+. The van der Waals surface area contributed by atoms with Crippen LogP contribution < -0.4 is 5.32 Å². The number of benzene rings is 2.